The van der Waals surface area contributed by atoms with Gasteiger partial charge >= 0.3 is 0 Å². The fraction of sp³-hybridized carbons (Fsp3) is 0.571. The molecule has 2 saturated heterocycles. The molecule has 3 aliphatic rings. The highest BCUT2D eigenvalue weighted by atomic mass is 16.2. The largest absolute Gasteiger partial charge is 0.342 e. The van der Waals surface area contributed by atoms with Crippen molar-refractivity contribution >= 4 is 11.8 Å². The van der Waals surface area contributed by atoms with E-state index in [1.807, 2.05) is 29.2 Å². The van der Waals surface area contributed by atoms with Gasteiger partial charge < -0.3 is 9.80 Å². The van der Waals surface area contributed by atoms with E-state index in [0.29, 0.717) is 31.1 Å². The summed E-state index contributed by atoms with van der Waals surface area (Å²) in [6.45, 7) is 3.58. The molecular weight excluding hydrogens is 368 g/mol. The number of hydrogen-bond acceptors (Lipinski definition) is 5. The Morgan fingerprint density at radius 3 is 2.69 bits per heavy atom. The van der Waals surface area contributed by atoms with Crippen molar-refractivity contribution < 1.29 is 9.59 Å². The van der Waals surface area contributed by atoms with Crippen molar-refractivity contribution in [3.05, 3.63) is 41.7 Å². The summed E-state index contributed by atoms with van der Waals surface area (Å²) < 4.78 is 1.64. The summed E-state index contributed by atoms with van der Waals surface area (Å²) in [5.41, 5.74) is 1.34. The maximum Gasteiger partial charge on any atom is 0.253 e. The third-order valence-electron chi connectivity index (χ3n) is 6.58. The first-order valence-electron chi connectivity index (χ1n) is 10.5. The Morgan fingerprint density at radius 1 is 1.14 bits per heavy atom. The number of carbonyl (C=O) groups excluding carboxylic acids is 2. The zero-order valence-corrected chi connectivity index (χ0v) is 16.5. The molecule has 2 amide bonds. The SMILES string of the molecule is O=C(c1ccc(Cn2cnnn2)cc1)N1CC[C@@]2(CCCN(CC3CC3)C2=O)C1. The van der Waals surface area contributed by atoms with E-state index in [0.717, 1.165) is 37.9 Å². The Labute approximate surface area is 169 Å². The van der Waals surface area contributed by atoms with Crippen LogP contribution in [0.3, 0.4) is 0 Å². The summed E-state index contributed by atoms with van der Waals surface area (Å²) in [7, 11) is 0. The van der Waals surface area contributed by atoms with Gasteiger partial charge in [-0.1, -0.05) is 12.1 Å². The zero-order valence-electron chi connectivity index (χ0n) is 16.5. The van der Waals surface area contributed by atoms with Crippen LogP contribution < -0.4 is 0 Å². The molecule has 152 valence electrons. The lowest BCUT2D eigenvalue weighted by atomic mass is 9.78. The molecule has 5 rings (SSSR count). The number of piperidine rings is 1. The molecule has 2 aliphatic heterocycles. The average molecular weight is 394 g/mol. The number of aromatic nitrogens is 4. The standard InChI is InChI=1S/C21H26N6O2/c28-19(18-6-4-17(5-7-18)13-27-15-22-23-24-27)26-11-9-21(14-26)8-1-10-25(20(21)29)12-16-2-3-16/h4-7,15-16H,1-3,8-14H2/t21-/m0/s1. The molecule has 0 radical (unpaired) electrons. The summed E-state index contributed by atoms with van der Waals surface area (Å²) in [6, 6.07) is 7.58. The van der Waals surface area contributed by atoms with Crippen molar-refractivity contribution in [2.24, 2.45) is 11.3 Å². The summed E-state index contributed by atoms with van der Waals surface area (Å²) in [4.78, 5) is 30.2. The quantitative estimate of drug-likeness (QED) is 0.769. The Bertz CT molecular complexity index is 892. The molecule has 29 heavy (non-hydrogen) atoms. The molecule has 0 unspecified atom stereocenters. The van der Waals surface area contributed by atoms with E-state index in [1.165, 1.54) is 12.8 Å². The smallest absolute Gasteiger partial charge is 0.253 e. The van der Waals surface area contributed by atoms with Gasteiger partial charge in [0.2, 0.25) is 5.91 Å². The van der Waals surface area contributed by atoms with Gasteiger partial charge in [0.15, 0.2) is 0 Å². The first-order chi connectivity index (χ1) is 14.1. The van der Waals surface area contributed by atoms with Crippen LogP contribution in [0.25, 0.3) is 0 Å². The minimum Gasteiger partial charge on any atom is -0.342 e. The Kier molecular flexibility index (Phi) is 4.56. The average Bonchev–Trinajstić information content (AvgIpc) is 3.22. The van der Waals surface area contributed by atoms with Crippen LogP contribution in [0.4, 0.5) is 0 Å². The summed E-state index contributed by atoms with van der Waals surface area (Å²) >= 11 is 0. The lowest BCUT2D eigenvalue weighted by Crippen LogP contribution is -2.50. The molecular formula is C21H26N6O2. The predicted molar refractivity (Wildman–Crippen MR) is 105 cm³/mol. The van der Waals surface area contributed by atoms with Crippen molar-refractivity contribution in [2.75, 3.05) is 26.2 Å². The van der Waals surface area contributed by atoms with E-state index in [9.17, 15) is 9.59 Å². The van der Waals surface area contributed by atoms with Gasteiger partial charge in [-0.3, -0.25) is 9.59 Å². The number of rotatable bonds is 5. The highest BCUT2D eigenvalue weighted by Crippen LogP contribution is 2.42. The number of carbonyl (C=O) groups is 2. The Hall–Kier alpha value is -2.77. The minimum absolute atomic E-state index is 0.0166. The number of hydrogen-bond donors (Lipinski definition) is 0. The Morgan fingerprint density at radius 2 is 1.97 bits per heavy atom. The van der Waals surface area contributed by atoms with Crippen LogP contribution in [0.15, 0.2) is 30.6 Å². The van der Waals surface area contributed by atoms with Crippen LogP contribution in [0.1, 0.15) is 48.0 Å². The van der Waals surface area contributed by atoms with Gasteiger partial charge in [-0.25, -0.2) is 4.68 Å². The molecule has 0 bridgehead atoms. The monoisotopic (exact) mass is 394 g/mol. The van der Waals surface area contributed by atoms with Crippen LogP contribution in [0.2, 0.25) is 0 Å². The zero-order chi connectivity index (χ0) is 19.8. The van der Waals surface area contributed by atoms with Crippen molar-refractivity contribution in [2.45, 2.75) is 38.6 Å². The first kappa shape index (κ1) is 18.3. The first-order valence-corrected chi connectivity index (χ1v) is 10.5. The van der Waals surface area contributed by atoms with Crippen molar-refractivity contribution in [3.63, 3.8) is 0 Å². The highest BCUT2D eigenvalue weighted by Gasteiger charge is 2.49. The van der Waals surface area contributed by atoms with E-state index in [2.05, 4.69) is 20.4 Å². The van der Waals surface area contributed by atoms with Gasteiger partial charge in [-0.05, 0) is 66.1 Å². The second-order valence-corrected chi connectivity index (χ2v) is 8.76. The number of amides is 2. The lowest BCUT2D eigenvalue weighted by molar-refractivity contribution is -0.145. The molecule has 0 N–H and O–H groups in total. The van der Waals surface area contributed by atoms with E-state index in [1.54, 1.807) is 11.0 Å². The molecule has 2 aromatic rings. The van der Waals surface area contributed by atoms with Gasteiger partial charge in [-0.2, -0.15) is 0 Å². The van der Waals surface area contributed by atoms with E-state index < -0.39 is 0 Å². The number of nitrogens with zero attached hydrogens (tertiary/aromatic N) is 6. The third kappa shape index (κ3) is 3.63. The molecule has 8 nitrogen and oxygen atoms in total. The Balaban J connectivity index is 1.24. The molecule has 1 saturated carbocycles. The molecule has 8 heteroatoms. The van der Waals surface area contributed by atoms with E-state index in [4.69, 9.17) is 0 Å². The van der Waals surface area contributed by atoms with Crippen LogP contribution in [-0.4, -0.2) is 68.0 Å². The third-order valence-corrected chi connectivity index (χ3v) is 6.58. The van der Waals surface area contributed by atoms with E-state index >= 15 is 0 Å². The van der Waals surface area contributed by atoms with Crippen LogP contribution in [0, 0.1) is 11.3 Å². The molecule has 3 fully saturated rings. The molecule has 1 aromatic carbocycles. The minimum atomic E-state index is -0.358. The van der Waals surface area contributed by atoms with Gasteiger partial charge in [-0.15, -0.1) is 5.10 Å². The second kappa shape index (κ2) is 7.24. The van der Waals surface area contributed by atoms with Crippen LogP contribution >= 0.6 is 0 Å². The van der Waals surface area contributed by atoms with E-state index in [-0.39, 0.29) is 17.2 Å². The van der Waals surface area contributed by atoms with Crippen molar-refractivity contribution in [1.29, 1.82) is 0 Å². The van der Waals surface area contributed by atoms with Crippen molar-refractivity contribution in [1.82, 2.24) is 30.0 Å². The predicted octanol–water partition coefficient (Wildman–Crippen LogP) is 1.59. The van der Waals surface area contributed by atoms with Crippen molar-refractivity contribution in [3.8, 4) is 0 Å². The molecule has 1 spiro atoms. The summed E-state index contributed by atoms with van der Waals surface area (Å²) in [5, 5.41) is 11.1. The normalized spacial score (nSPS) is 24.5. The molecule has 3 heterocycles. The fourth-order valence-electron chi connectivity index (χ4n) is 4.74. The lowest BCUT2D eigenvalue weighted by Gasteiger charge is -2.39. The fourth-order valence-corrected chi connectivity index (χ4v) is 4.74. The van der Waals surface area contributed by atoms with Gasteiger partial charge in [0.25, 0.3) is 5.91 Å². The number of tetrazole rings is 1. The highest BCUT2D eigenvalue weighted by molar-refractivity contribution is 5.95. The van der Waals surface area contributed by atoms with Gasteiger partial charge in [0.1, 0.15) is 6.33 Å². The maximum absolute atomic E-state index is 13.2. The number of benzene rings is 1. The molecule has 1 aliphatic carbocycles. The molecule has 1 aromatic heterocycles. The number of likely N-dealkylation sites (tertiary alicyclic amines) is 2. The van der Waals surface area contributed by atoms with Gasteiger partial charge in [0.05, 0.1) is 12.0 Å². The molecule has 1 atom stereocenters. The summed E-state index contributed by atoms with van der Waals surface area (Å²) in [6.07, 6.45) is 6.82. The maximum atomic E-state index is 13.2. The van der Waals surface area contributed by atoms with Gasteiger partial charge in [0, 0.05) is 31.7 Å². The second-order valence-electron chi connectivity index (χ2n) is 8.76. The summed E-state index contributed by atoms with van der Waals surface area (Å²) in [5.74, 6) is 1.01. The topological polar surface area (TPSA) is 84.2 Å². The van der Waals surface area contributed by atoms with Crippen LogP contribution in [-0.2, 0) is 11.3 Å². The van der Waals surface area contributed by atoms with Crippen LogP contribution in [0.5, 0.6) is 0 Å².